The summed E-state index contributed by atoms with van der Waals surface area (Å²) in [6.07, 6.45) is 1.92. The summed E-state index contributed by atoms with van der Waals surface area (Å²) in [5.41, 5.74) is 2.60. The van der Waals surface area contributed by atoms with Crippen molar-refractivity contribution < 1.29 is 9.53 Å². The van der Waals surface area contributed by atoms with Gasteiger partial charge in [-0.25, -0.2) is 0 Å². The molecule has 1 N–H and O–H groups in total. The number of carbonyl (C=O) groups excluding carboxylic acids is 1. The van der Waals surface area contributed by atoms with E-state index in [0.29, 0.717) is 24.4 Å². The highest BCUT2D eigenvalue weighted by Gasteiger charge is 2.10. The van der Waals surface area contributed by atoms with Gasteiger partial charge in [0.15, 0.2) is 0 Å². The van der Waals surface area contributed by atoms with Crippen LogP contribution in [0.5, 0.6) is 5.75 Å². The van der Waals surface area contributed by atoms with Crippen LogP contribution in [0.1, 0.15) is 10.4 Å². The predicted octanol–water partition coefficient (Wildman–Crippen LogP) is 3.05. The van der Waals surface area contributed by atoms with E-state index in [-0.39, 0.29) is 5.91 Å². The molecule has 0 aliphatic heterocycles. The summed E-state index contributed by atoms with van der Waals surface area (Å²) in [6, 6.07) is 11.2. The zero-order valence-corrected chi connectivity index (χ0v) is 13.5. The third-order valence-electron chi connectivity index (χ3n) is 3.44. The van der Waals surface area contributed by atoms with Crippen molar-refractivity contribution in [1.29, 1.82) is 0 Å². The summed E-state index contributed by atoms with van der Waals surface area (Å²) in [5.74, 6) is 0.427. The first-order valence-electron chi connectivity index (χ1n) is 7.25. The molecule has 0 saturated heterocycles. The number of aromatic nitrogens is 2. The molecule has 0 aliphatic rings. The quantitative estimate of drug-likeness (QED) is 0.757. The molecule has 0 radical (unpaired) electrons. The Kier molecular flexibility index (Phi) is 4.73. The second-order valence-corrected chi connectivity index (χ2v) is 5.71. The minimum Gasteiger partial charge on any atom is -0.496 e. The minimum atomic E-state index is -0.146. The van der Waals surface area contributed by atoms with Crippen molar-refractivity contribution in [3.63, 3.8) is 0 Å². The van der Waals surface area contributed by atoms with Gasteiger partial charge in [-0.05, 0) is 29.6 Å². The fraction of sp³-hybridized carbons (Fsp3) is 0.176. The van der Waals surface area contributed by atoms with Crippen LogP contribution in [0.4, 0.5) is 0 Å². The van der Waals surface area contributed by atoms with Crippen molar-refractivity contribution in [3.8, 4) is 17.0 Å². The Morgan fingerprint density at radius 3 is 2.96 bits per heavy atom. The maximum absolute atomic E-state index is 12.2. The Morgan fingerprint density at radius 2 is 2.17 bits per heavy atom. The van der Waals surface area contributed by atoms with Crippen LogP contribution < -0.4 is 10.1 Å². The van der Waals surface area contributed by atoms with Gasteiger partial charge in [0.25, 0.3) is 5.91 Å². The fourth-order valence-corrected chi connectivity index (χ4v) is 2.91. The number of amides is 1. The fourth-order valence-electron chi connectivity index (χ4n) is 2.26. The molecule has 1 aromatic carbocycles. The number of rotatable bonds is 6. The van der Waals surface area contributed by atoms with Crippen LogP contribution in [0.3, 0.4) is 0 Å². The Bertz CT molecular complexity index is 781. The second kappa shape index (κ2) is 7.11. The number of para-hydroxylation sites is 1. The van der Waals surface area contributed by atoms with Crippen LogP contribution >= 0.6 is 11.3 Å². The SMILES string of the molecule is COc1ccccc1C(=O)NCCn1ccc(-c2ccsc2)n1. The highest BCUT2D eigenvalue weighted by Crippen LogP contribution is 2.19. The van der Waals surface area contributed by atoms with E-state index in [1.165, 1.54) is 0 Å². The second-order valence-electron chi connectivity index (χ2n) is 4.93. The van der Waals surface area contributed by atoms with Gasteiger partial charge >= 0.3 is 0 Å². The van der Waals surface area contributed by atoms with Crippen molar-refractivity contribution in [2.45, 2.75) is 6.54 Å². The normalized spacial score (nSPS) is 10.5. The van der Waals surface area contributed by atoms with Crippen LogP contribution in [0.15, 0.2) is 53.4 Å². The molecular weight excluding hydrogens is 310 g/mol. The first-order valence-corrected chi connectivity index (χ1v) is 8.19. The molecule has 0 spiro atoms. The number of nitrogens with zero attached hydrogens (tertiary/aromatic N) is 2. The molecule has 0 saturated carbocycles. The molecular formula is C17H17N3O2S. The van der Waals surface area contributed by atoms with E-state index >= 15 is 0 Å². The number of hydrogen-bond acceptors (Lipinski definition) is 4. The van der Waals surface area contributed by atoms with Gasteiger partial charge in [-0.15, -0.1) is 0 Å². The van der Waals surface area contributed by atoms with E-state index in [1.54, 1.807) is 30.6 Å². The highest BCUT2D eigenvalue weighted by atomic mass is 32.1. The Hall–Kier alpha value is -2.60. The summed E-state index contributed by atoms with van der Waals surface area (Å²) in [6.45, 7) is 1.12. The molecule has 23 heavy (non-hydrogen) atoms. The smallest absolute Gasteiger partial charge is 0.255 e. The minimum absolute atomic E-state index is 0.146. The molecule has 2 heterocycles. The molecule has 0 unspecified atom stereocenters. The Morgan fingerprint density at radius 1 is 1.30 bits per heavy atom. The van der Waals surface area contributed by atoms with Crippen LogP contribution in [-0.4, -0.2) is 29.3 Å². The lowest BCUT2D eigenvalue weighted by atomic mass is 10.2. The number of nitrogens with one attached hydrogen (secondary N) is 1. The number of thiophene rings is 1. The van der Waals surface area contributed by atoms with Crippen molar-refractivity contribution >= 4 is 17.2 Å². The Balaban J connectivity index is 1.56. The molecule has 0 bridgehead atoms. The van der Waals surface area contributed by atoms with E-state index in [1.807, 2.05) is 40.5 Å². The molecule has 0 atom stereocenters. The van der Waals surface area contributed by atoms with E-state index < -0.39 is 0 Å². The number of hydrogen-bond donors (Lipinski definition) is 1. The summed E-state index contributed by atoms with van der Waals surface area (Å²) in [5, 5.41) is 11.5. The summed E-state index contributed by atoms with van der Waals surface area (Å²) in [7, 11) is 1.56. The average Bonchev–Trinajstić information content (AvgIpc) is 3.26. The van der Waals surface area contributed by atoms with Gasteiger partial charge < -0.3 is 10.1 Å². The largest absolute Gasteiger partial charge is 0.496 e. The van der Waals surface area contributed by atoms with Gasteiger partial charge in [-0.3, -0.25) is 9.48 Å². The Labute approximate surface area is 138 Å². The third-order valence-corrected chi connectivity index (χ3v) is 4.12. The predicted molar refractivity (Wildman–Crippen MR) is 90.9 cm³/mol. The number of methoxy groups -OCH3 is 1. The standard InChI is InChI=1S/C17H17N3O2S/c1-22-16-5-3-2-4-14(16)17(21)18-8-10-20-9-6-15(19-20)13-7-11-23-12-13/h2-7,9,11-12H,8,10H2,1H3,(H,18,21). The van der Waals surface area contributed by atoms with Crippen molar-refractivity contribution in [2.75, 3.05) is 13.7 Å². The number of ether oxygens (including phenoxy) is 1. The monoisotopic (exact) mass is 327 g/mol. The lowest BCUT2D eigenvalue weighted by Gasteiger charge is -2.09. The van der Waals surface area contributed by atoms with E-state index in [0.717, 1.165) is 11.3 Å². The van der Waals surface area contributed by atoms with Crippen LogP contribution in [0.25, 0.3) is 11.3 Å². The summed E-state index contributed by atoms with van der Waals surface area (Å²) in [4.78, 5) is 12.2. The molecule has 0 aliphatic carbocycles. The van der Waals surface area contributed by atoms with E-state index in [2.05, 4.69) is 15.8 Å². The topological polar surface area (TPSA) is 56.1 Å². The van der Waals surface area contributed by atoms with E-state index in [9.17, 15) is 4.79 Å². The zero-order chi connectivity index (χ0) is 16.1. The van der Waals surface area contributed by atoms with Gasteiger partial charge in [-0.1, -0.05) is 12.1 Å². The molecule has 5 nitrogen and oxygen atoms in total. The van der Waals surface area contributed by atoms with Crippen LogP contribution in [0, 0.1) is 0 Å². The lowest BCUT2D eigenvalue weighted by Crippen LogP contribution is -2.27. The van der Waals surface area contributed by atoms with Crippen LogP contribution in [0.2, 0.25) is 0 Å². The number of benzene rings is 1. The van der Waals surface area contributed by atoms with Crippen molar-refractivity contribution in [2.24, 2.45) is 0 Å². The lowest BCUT2D eigenvalue weighted by molar-refractivity contribution is 0.0949. The number of carbonyl (C=O) groups is 1. The average molecular weight is 327 g/mol. The van der Waals surface area contributed by atoms with E-state index in [4.69, 9.17) is 4.74 Å². The molecule has 3 rings (SSSR count). The van der Waals surface area contributed by atoms with Gasteiger partial charge in [0.05, 0.1) is 24.9 Å². The van der Waals surface area contributed by atoms with Gasteiger partial charge in [0.1, 0.15) is 5.75 Å². The highest BCUT2D eigenvalue weighted by molar-refractivity contribution is 7.08. The zero-order valence-electron chi connectivity index (χ0n) is 12.7. The maximum atomic E-state index is 12.2. The molecule has 1 amide bonds. The first-order chi connectivity index (χ1) is 11.3. The van der Waals surface area contributed by atoms with Crippen LogP contribution in [-0.2, 0) is 6.54 Å². The summed E-state index contributed by atoms with van der Waals surface area (Å²) < 4.78 is 7.03. The molecule has 6 heteroatoms. The van der Waals surface area contributed by atoms with Crippen molar-refractivity contribution in [1.82, 2.24) is 15.1 Å². The first kappa shape index (κ1) is 15.3. The molecule has 0 fully saturated rings. The molecule has 2 aromatic heterocycles. The molecule has 3 aromatic rings. The molecule has 118 valence electrons. The van der Waals surface area contributed by atoms with Gasteiger partial charge in [0.2, 0.25) is 0 Å². The maximum Gasteiger partial charge on any atom is 0.255 e. The van der Waals surface area contributed by atoms with Crippen molar-refractivity contribution in [3.05, 3.63) is 58.9 Å². The summed E-state index contributed by atoms with van der Waals surface area (Å²) >= 11 is 1.65. The third kappa shape index (κ3) is 3.60. The van der Waals surface area contributed by atoms with Gasteiger partial charge in [0, 0.05) is 23.7 Å². The van der Waals surface area contributed by atoms with Gasteiger partial charge in [-0.2, -0.15) is 16.4 Å².